The SMILES string of the molecule is S=C1CC=CC=C1C(=S)Nc1ccccc1. The molecule has 0 amide bonds. The average Bonchev–Trinajstić information content (AvgIpc) is 2.31. The van der Waals surface area contributed by atoms with Crippen molar-refractivity contribution in [2.24, 2.45) is 0 Å². The molecule has 0 saturated heterocycles. The summed E-state index contributed by atoms with van der Waals surface area (Å²) in [5.74, 6) is 0. The second-order valence-electron chi connectivity index (χ2n) is 3.46. The van der Waals surface area contributed by atoms with Gasteiger partial charge in [-0.2, -0.15) is 0 Å². The molecule has 0 fully saturated rings. The lowest BCUT2D eigenvalue weighted by molar-refractivity contribution is 1.48. The fourth-order valence-corrected chi connectivity index (χ4v) is 2.10. The highest BCUT2D eigenvalue weighted by molar-refractivity contribution is 7.83. The van der Waals surface area contributed by atoms with Crippen LogP contribution in [0.1, 0.15) is 6.42 Å². The third kappa shape index (κ3) is 2.62. The van der Waals surface area contributed by atoms with E-state index in [-0.39, 0.29) is 0 Å². The van der Waals surface area contributed by atoms with Crippen molar-refractivity contribution < 1.29 is 0 Å². The first-order valence-electron chi connectivity index (χ1n) is 5.04. The van der Waals surface area contributed by atoms with Crippen LogP contribution in [0, 0.1) is 0 Å². The van der Waals surface area contributed by atoms with E-state index >= 15 is 0 Å². The highest BCUT2D eigenvalue weighted by Gasteiger charge is 2.11. The van der Waals surface area contributed by atoms with Crippen LogP contribution in [0.25, 0.3) is 0 Å². The Hall–Kier alpha value is -1.32. The molecule has 2 rings (SSSR count). The molecule has 0 unspecified atom stereocenters. The zero-order valence-electron chi connectivity index (χ0n) is 8.64. The summed E-state index contributed by atoms with van der Waals surface area (Å²) in [6, 6.07) is 9.88. The van der Waals surface area contributed by atoms with Crippen LogP contribution in [0.3, 0.4) is 0 Å². The molecule has 0 saturated carbocycles. The summed E-state index contributed by atoms with van der Waals surface area (Å²) in [6.45, 7) is 0. The number of benzene rings is 1. The Morgan fingerprint density at radius 3 is 2.62 bits per heavy atom. The molecule has 1 nitrogen and oxygen atoms in total. The second-order valence-corrected chi connectivity index (χ2v) is 4.36. The normalized spacial score (nSPS) is 14.5. The van der Waals surface area contributed by atoms with Crippen molar-refractivity contribution in [3.05, 3.63) is 54.1 Å². The van der Waals surface area contributed by atoms with E-state index in [9.17, 15) is 0 Å². The van der Waals surface area contributed by atoms with E-state index in [1.807, 2.05) is 48.6 Å². The number of hydrogen-bond donors (Lipinski definition) is 1. The molecular weight excluding hydrogens is 234 g/mol. The molecule has 0 bridgehead atoms. The van der Waals surface area contributed by atoms with Gasteiger partial charge in [0.2, 0.25) is 0 Å². The summed E-state index contributed by atoms with van der Waals surface area (Å²) in [6.07, 6.45) is 6.79. The Balaban J connectivity index is 2.12. The fourth-order valence-electron chi connectivity index (χ4n) is 1.46. The van der Waals surface area contributed by atoms with Crippen molar-refractivity contribution >= 4 is 40.0 Å². The van der Waals surface area contributed by atoms with E-state index in [2.05, 4.69) is 5.32 Å². The Kier molecular flexibility index (Phi) is 3.59. The van der Waals surface area contributed by atoms with Crippen molar-refractivity contribution in [2.45, 2.75) is 6.42 Å². The van der Waals surface area contributed by atoms with Crippen LogP contribution in [-0.2, 0) is 0 Å². The fraction of sp³-hybridized carbons (Fsp3) is 0.0769. The van der Waals surface area contributed by atoms with E-state index in [1.54, 1.807) is 0 Å². The molecule has 3 heteroatoms. The largest absolute Gasteiger partial charge is 0.346 e. The van der Waals surface area contributed by atoms with Gasteiger partial charge >= 0.3 is 0 Å². The number of para-hydroxylation sites is 1. The summed E-state index contributed by atoms with van der Waals surface area (Å²) < 4.78 is 0. The van der Waals surface area contributed by atoms with Crippen molar-refractivity contribution in [1.82, 2.24) is 0 Å². The van der Waals surface area contributed by atoms with Gasteiger partial charge < -0.3 is 5.32 Å². The molecule has 1 aliphatic carbocycles. The minimum absolute atomic E-state index is 0.695. The molecule has 0 atom stereocenters. The van der Waals surface area contributed by atoms with Gasteiger partial charge in [-0.1, -0.05) is 60.9 Å². The number of nitrogens with one attached hydrogen (secondary N) is 1. The van der Waals surface area contributed by atoms with Gasteiger partial charge in [-0.15, -0.1) is 0 Å². The van der Waals surface area contributed by atoms with E-state index in [4.69, 9.17) is 24.4 Å². The Labute approximate surface area is 106 Å². The minimum Gasteiger partial charge on any atom is -0.346 e. The first-order chi connectivity index (χ1) is 7.77. The van der Waals surface area contributed by atoms with E-state index in [0.717, 1.165) is 22.5 Å². The lowest BCUT2D eigenvalue weighted by Gasteiger charge is -2.13. The second kappa shape index (κ2) is 5.14. The topological polar surface area (TPSA) is 12.0 Å². The van der Waals surface area contributed by atoms with Gasteiger partial charge in [0.15, 0.2) is 0 Å². The molecule has 16 heavy (non-hydrogen) atoms. The maximum atomic E-state index is 5.33. The van der Waals surface area contributed by atoms with Crippen LogP contribution in [0.2, 0.25) is 0 Å². The van der Waals surface area contributed by atoms with Crippen LogP contribution in [-0.4, -0.2) is 9.85 Å². The molecule has 80 valence electrons. The molecule has 1 aromatic rings. The van der Waals surface area contributed by atoms with E-state index < -0.39 is 0 Å². The van der Waals surface area contributed by atoms with Gasteiger partial charge in [-0.3, -0.25) is 0 Å². The molecule has 0 aliphatic heterocycles. The van der Waals surface area contributed by atoms with Crippen LogP contribution in [0.15, 0.2) is 54.1 Å². The molecule has 0 radical (unpaired) electrons. The summed E-state index contributed by atoms with van der Waals surface area (Å²) in [5.41, 5.74) is 1.95. The van der Waals surface area contributed by atoms with Crippen molar-refractivity contribution in [3.63, 3.8) is 0 Å². The summed E-state index contributed by atoms with van der Waals surface area (Å²) in [4.78, 5) is 1.59. The van der Waals surface area contributed by atoms with Crippen molar-refractivity contribution in [3.8, 4) is 0 Å². The predicted molar refractivity (Wildman–Crippen MR) is 77.1 cm³/mol. The minimum atomic E-state index is 0.695. The molecular formula is C13H11NS2. The zero-order valence-corrected chi connectivity index (χ0v) is 10.3. The van der Waals surface area contributed by atoms with Crippen LogP contribution in [0.4, 0.5) is 5.69 Å². The Morgan fingerprint density at radius 2 is 1.94 bits per heavy atom. The zero-order chi connectivity index (χ0) is 11.4. The van der Waals surface area contributed by atoms with Gasteiger partial charge in [0.05, 0.1) is 0 Å². The molecule has 1 aliphatic rings. The monoisotopic (exact) mass is 245 g/mol. The molecule has 0 aromatic heterocycles. The van der Waals surface area contributed by atoms with Crippen LogP contribution in [0.5, 0.6) is 0 Å². The van der Waals surface area contributed by atoms with Crippen LogP contribution >= 0.6 is 24.4 Å². The highest BCUT2D eigenvalue weighted by Crippen LogP contribution is 2.14. The number of thiocarbonyl (C=S) groups is 2. The third-order valence-corrected chi connectivity index (χ3v) is 2.99. The molecule has 0 heterocycles. The molecule has 1 N–H and O–H groups in total. The van der Waals surface area contributed by atoms with E-state index in [0.29, 0.717) is 4.99 Å². The number of hydrogen-bond acceptors (Lipinski definition) is 2. The van der Waals surface area contributed by atoms with Gasteiger partial charge in [0.25, 0.3) is 0 Å². The molecule has 0 spiro atoms. The summed E-state index contributed by atoms with van der Waals surface area (Å²) in [7, 11) is 0. The first kappa shape index (κ1) is 11.2. The lowest BCUT2D eigenvalue weighted by atomic mass is 10.0. The number of rotatable bonds is 2. The van der Waals surface area contributed by atoms with Gasteiger partial charge in [0, 0.05) is 22.5 Å². The number of anilines is 1. The Morgan fingerprint density at radius 1 is 1.19 bits per heavy atom. The smallest absolute Gasteiger partial charge is 0.112 e. The highest BCUT2D eigenvalue weighted by atomic mass is 32.1. The summed E-state index contributed by atoms with van der Waals surface area (Å²) >= 11 is 10.6. The number of allylic oxidation sites excluding steroid dienone is 3. The first-order valence-corrected chi connectivity index (χ1v) is 5.85. The maximum absolute atomic E-state index is 5.33. The summed E-state index contributed by atoms with van der Waals surface area (Å²) in [5, 5.41) is 3.18. The van der Waals surface area contributed by atoms with Crippen molar-refractivity contribution in [1.29, 1.82) is 0 Å². The molecule has 1 aromatic carbocycles. The van der Waals surface area contributed by atoms with E-state index in [1.165, 1.54) is 0 Å². The van der Waals surface area contributed by atoms with Gasteiger partial charge in [-0.05, 0) is 12.1 Å². The third-order valence-electron chi connectivity index (χ3n) is 2.28. The average molecular weight is 245 g/mol. The van der Waals surface area contributed by atoms with Gasteiger partial charge in [-0.25, -0.2) is 0 Å². The maximum Gasteiger partial charge on any atom is 0.112 e. The van der Waals surface area contributed by atoms with Crippen LogP contribution < -0.4 is 5.32 Å². The Bertz CT molecular complexity index is 472. The predicted octanol–water partition coefficient (Wildman–Crippen LogP) is 3.68. The lowest BCUT2D eigenvalue weighted by Crippen LogP contribution is -2.18. The quantitative estimate of drug-likeness (QED) is 0.798. The van der Waals surface area contributed by atoms with Gasteiger partial charge in [0.1, 0.15) is 4.99 Å². The standard InChI is InChI=1S/C13H11NS2/c15-12-9-5-4-8-11(12)13(16)14-10-6-2-1-3-7-10/h1-8H,9H2,(H,14,16). The van der Waals surface area contributed by atoms with Crippen molar-refractivity contribution in [2.75, 3.05) is 5.32 Å².